The average Bonchev–Trinajstić information content (AvgIpc) is 3.19. The van der Waals surface area contributed by atoms with Gasteiger partial charge in [-0.05, 0) is 32.4 Å². The van der Waals surface area contributed by atoms with Crippen LogP contribution in [-0.4, -0.2) is 38.7 Å². The van der Waals surface area contributed by atoms with Crippen molar-refractivity contribution < 1.29 is 4.79 Å². The maximum Gasteiger partial charge on any atom is 0.271 e. The summed E-state index contributed by atoms with van der Waals surface area (Å²) in [6.45, 7) is 4.07. The number of rotatable bonds is 5. The van der Waals surface area contributed by atoms with Crippen molar-refractivity contribution in [3.8, 4) is 0 Å². The first-order valence-electron chi connectivity index (χ1n) is 7.56. The Morgan fingerprint density at radius 3 is 3.14 bits per heavy atom. The lowest BCUT2D eigenvalue weighted by molar-refractivity contribution is 0.0946. The fraction of sp³-hybridized carbons (Fsp3) is 0.467. The smallest absolute Gasteiger partial charge is 0.271 e. The molecule has 7 heteroatoms. The summed E-state index contributed by atoms with van der Waals surface area (Å²) in [4.78, 5) is 20.7. The zero-order valence-corrected chi connectivity index (χ0v) is 12.6. The van der Waals surface area contributed by atoms with Gasteiger partial charge in [0.1, 0.15) is 5.69 Å². The number of hydrogen-bond acceptors (Lipinski definition) is 5. The van der Waals surface area contributed by atoms with Gasteiger partial charge in [-0.25, -0.2) is 4.98 Å². The lowest BCUT2D eigenvalue weighted by Gasteiger charge is -2.10. The van der Waals surface area contributed by atoms with E-state index in [0.717, 1.165) is 30.8 Å². The molecule has 3 rings (SSSR count). The molecule has 2 N–H and O–H groups in total. The van der Waals surface area contributed by atoms with Crippen LogP contribution in [0.4, 0.5) is 0 Å². The van der Waals surface area contributed by atoms with Crippen LogP contribution >= 0.6 is 0 Å². The van der Waals surface area contributed by atoms with Crippen LogP contribution in [0.1, 0.15) is 40.8 Å². The van der Waals surface area contributed by atoms with Gasteiger partial charge in [0.2, 0.25) is 0 Å². The molecule has 22 heavy (non-hydrogen) atoms. The molecule has 0 bridgehead atoms. The van der Waals surface area contributed by atoms with Gasteiger partial charge in [0.05, 0.1) is 36.4 Å². The Balaban J connectivity index is 1.56. The lowest BCUT2D eigenvalue weighted by atomic mass is 10.1. The second-order valence-corrected chi connectivity index (χ2v) is 5.45. The first-order chi connectivity index (χ1) is 10.7. The highest BCUT2D eigenvalue weighted by atomic mass is 16.1. The summed E-state index contributed by atoms with van der Waals surface area (Å²) in [5.74, 6) is -0.198. The molecule has 0 aliphatic carbocycles. The fourth-order valence-corrected chi connectivity index (χ4v) is 2.56. The van der Waals surface area contributed by atoms with E-state index in [1.54, 1.807) is 10.9 Å². The molecule has 0 saturated carbocycles. The van der Waals surface area contributed by atoms with E-state index in [4.69, 9.17) is 0 Å². The molecule has 2 aromatic heterocycles. The van der Waals surface area contributed by atoms with Crippen LogP contribution < -0.4 is 10.6 Å². The van der Waals surface area contributed by atoms with E-state index in [1.807, 2.05) is 19.2 Å². The molecule has 116 valence electrons. The Morgan fingerprint density at radius 2 is 2.41 bits per heavy atom. The van der Waals surface area contributed by atoms with Crippen LogP contribution in [0.2, 0.25) is 0 Å². The molecule has 0 aromatic carbocycles. The summed E-state index contributed by atoms with van der Waals surface area (Å²) in [6.07, 6.45) is 7.30. The van der Waals surface area contributed by atoms with Gasteiger partial charge in [-0.1, -0.05) is 0 Å². The highest BCUT2D eigenvalue weighted by Crippen LogP contribution is 2.20. The van der Waals surface area contributed by atoms with Gasteiger partial charge >= 0.3 is 0 Å². The summed E-state index contributed by atoms with van der Waals surface area (Å²) in [7, 11) is 0. The Labute approximate surface area is 129 Å². The van der Waals surface area contributed by atoms with E-state index in [-0.39, 0.29) is 11.9 Å². The standard InChI is InChI=1S/C15H20N6O/c1-11-4-7-21(20-11)8-6-18-15(22)14-10-16-9-13(19-14)12-3-2-5-17-12/h4,7,9-10,12,17H,2-3,5-6,8H2,1H3,(H,18,22). The number of carbonyl (C=O) groups is 1. The zero-order chi connectivity index (χ0) is 15.4. The molecule has 1 fully saturated rings. The monoisotopic (exact) mass is 300 g/mol. The third-order valence-electron chi connectivity index (χ3n) is 3.70. The number of hydrogen-bond donors (Lipinski definition) is 2. The van der Waals surface area contributed by atoms with Crippen LogP contribution in [0.15, 0.2) is 24.7 Å². The molecule has 3 heterocycles. The normalized spacial score (nSPS) is 17.6. The molecule has 2 aromatic rings. The van der Waals surface area contributed by atoms with E-state index in [2.05, 4.69) is 25.7 Å². The number of carbonyl (C=O) groups excluding carboxylic acids is 1. The lowest BCUT2D eigenvalue weighted by Crippen LogP contribution is -2.29. The number of aryl methyl sites for hydroxylation is 1. The highest BCUT2D eigenvalue weighted by Gasteiger charge is 2.19. The third-order valence-corrected chi connectivity index (χ3v) is 3.70. The van der Waals surface area contributed by atoms with Gasteiger partial charge in [0.15, 0.2) is 0 Å². The van der Waals surface area contributed by atoms with Gasteiger partial charge in [0, 0.05) is 12.7 Å². The van der Waals surface area contributed by atoms with Crippen molar-refractivity contribution in [3.05, 3.63) is 41.7 Å². The number of amides is 1. The first kappa shape index (κ1) is 14.6. The van der Waals surface area contributed by atoms with Crippen LogP contribution in [0.5, 0.6) is 0 Å². The molecule has 1 amide bonds. The summed E-state index contributed by atoms with van der Waals surface area (Å²) in [5, 5.41) is 10.5. The van der Waals surface area contributed by atoms with E-state index in [0.29, 0.717) is 18.8 Å². The molecular formula is C15H20N6O. The Kier molecular flexibility index (Phi) is 4.43. The fourth-order valence-electron chi connectivity index (χ4n) is 2.56. The molecule has 7 nitrogen and oxygen atoms in total. The average molecular weight is 300 g/mol. The van der Waals surface area contributed by atoms with Crippen LogP contribution in [0.25, 0.3) is 0 Å². The maximum atomic E-state index is 12.1. The van der Waals surface area contributed by atoms with Crippen molar-refractivity contribution >= 4 is 5.91 Å². The SMILES string of the molecule is Cc1ccn(CCNC(=O)c2cncc(C3CCCN3)n2)n1. The first-order valence-corrected chi connectivity index (χ1v) is 7.56. The van der Waals surface area contributed by atoms with Crippen molar-refractivity contribution in [1.29, 1.82) is 0 Å². The van der Waals surface area contributed by atoms with Gasteiger partial charge in [-0.3, -0.25) is 14.5 Å². The second kappa shape index (κ2) is 6.65. The van der Waals surface area contributed by atoms with E-state index in [1.165, 1.54) is 6.20 Å². The Hall–Kier alpha value is -2.28. The predicted molar refractivity (Wildman–Crippen MR) is 81.3 cm³/mol. The molecule has 1 aliphatic rings. The minimum atomic E-state index is -0.198. The van der Waals surface area contributed by atoms with Crippen molar-refractivity contribution in [2.24, 2.45) is 0 Å². The molecule has 1 aliphatic heterocycles. The summed E-state index contributed by atoms with van der Waals surface area (Å²) in [6, 6.07) is 2.15. The zero-order valence-electron chi connectivity index (χ0n) is 12.6. The Bertz CT molecular complexity index is 647. The van der Waals surface area contributed by atoms with Gasteiger partial charge in [-0.15, -0.1) is 0 Å². The van der Waals surface area contributed by atoms with Crippen molar-refractivity contribution in [2.45, 2.75) is 32.4 Å². The Morgan fingerprint density at radius 1 is 1.50 bits per heavy atom. The van der Waals surface area contributed by atoms with Crippen LogP contribution in [0, 0.1) is 6.92 Å². The van der Waals surface area contributed by atoms with E-state index < -0.39 is 0 Å². The minimum Gasteiger partial charge on any atom is -0.349 e. The van der Waals surface area contributed by atoms with Crippen LogP contribution in [0.3, 0.4) is 0 Å². The van der Waals surface area contributed by atoms with Crippen LogP contribution in [-0.2, 0) is 6.54 Å². The molecule has 1 saturated heterocycles. The molecule has 0 radical (unpaired) electrons. The third kappa shape index (κ3) is 3.48. The largest absolute Gasteiger partial charge is 0.349 e. The van der Waals surface area contributed by atoms with Crippen molar-refractivity contribution in [3.63, 3.8) is 0 Å². The summed E-state index contributed by atoms with van der Waals surface area (Å²) < 4.78 is 1.81. The van der Waals surface area contributed by atoms with Crippen molar-refractivity contribution in [1.82, 2.24) is 30.4 Å². The van der Waals surface area contributed by atoms with E-state index >= 15 is 0 Å². The van der Waals surface area contributed by atoms with Gasteiger partial charge in [0.25, 0.3) is 5.91 Å². The van der Waals surface area contributed by atoms with Crippen molar-refractivity contribution in [2.75, 3.05) is 13.1 Å². The highest BCUT2D eigenvalue weighted by molar-refractivity contribution is 5.91. The second-order valence-electron chi connectivity index (χ2n) is 5.45. The quantitative estimate of drug-likeness (QED) is 0.854. The number of nitrogens with one attached hydrogen (secondary N) is 2. The number of nitrogens with zero attached hydrogens (tertiary/aromatic N) is 4. The molecule has 1 atom stereocenters. The maximum absolute atomic E-state index is 12.1. The van der Waals surface area contributed by atoms with E-state index in [9.17, 15) is 4.79 Å². The predicted octanol–water partition coefficient (Wildman–Crippen LogP) is 0.836. The minimum absolute atomic E-state index is 0.198. The van der Waals surface area contributed by atoms with Gasteiger partial charge in [-0.2, -0.15) is 5.10 Å². The summed E-state index contributed by atoms with van der Waals surface area (Å²) in [5.41, 5.74) is 2.17. The topological polar surface area (TPSA) is 84.7 Å². The van der Waals surface area contributed by atoms with Gasteiger partial charge < -0.3 is 10.6 Å². The molecular weight excluding hydrogens is 280 g/mol. The number of aromatic nitrogens is 4. The summed E-state index contributed by atoms with van der Waals surface area (Å²) >= 11 is 0. The molecule has 1 unspecified atom stereocenters. The molecule has 0 spiro atoms.